The summed E-state index contributed by atoms with van der Waals surface area (Å²) in [4.78, 5) is 3.91. The SMILES string of the molecule is CN=C(NCCCOCC(F)(F)F)NC1CCN(S(=O)(=O)C(F)(F)F)CC1. The second kappa shape index (κ2) is 9.78. The van der Waals surface area contributed by atoms with E-state index in [1.54, 1.807) is 0 Å². The summed E-state index contributed by atoms with van der Waals surface area (Å²) < 4.78 is 101. The van der Waals surface area contributed by atoms with Gasteiger partial charge in [0, 0.05) is 39.3 Å². The van der Waals surface area contributed by atoms with Gasteiger partial charge in [-0.25, -0.2) is 8.42 Å². The van der Waals surface area contributed by atoms with E-state index < -0.39 is 28.3 Å². The van der Waals surface area contributed by atoms with Gasteiger partial charge in [0.25, 0.3) is 0 Å². The first kappa shape index (κ1) is 23.8. The zero-order valence-corrected chi connectivity index (χ0v) is 15.3. The molecule has 0 bridgehead atoms. The van der Waals surface area contributed by atoms with Crippen LogP contribution in [0.25, 0.3) is 0 Å². The van der Waals surface area contributed by atoms with E-state index in [9.17, 15) is 34.8 Å². The molecule has 14 heteroatoms. The van der Waals surface area contributed by atoms with Crippen LogP contribution in [0.4, 0.5) is 26.3 Å². The van der Waals surface area contributed by atoms with E-state index in [-0.39, 0.29) is 45.1 Å². The Morgan fingerprint density at radius 1 is 1.19 bits per heavy atom. The molecule has 0 aromatic rings. The van der Waals surface area contributed by atoms with Gasteiger partial charge in [-0.3, -0.25) is 4.99 Å². The number of ether oxygens (including phenoxy) is 1. The summed E-state index contributed by atoms with van der Waals surface area (Å²) in [6, 6.07) is -0.280. The number of guanidine groups is 1. The van der Waals surface area contributed by atoms with Crippen molar-refractivity contribution in [2.24, 2.45) is 4.99 Å². The Hall–Kier alpha value is -1.28. The lowest BCUT2D eigenvalue weighted by molar-refractivity contribution is -0.173. The van der Waals surface area contributed by atoms with Crippen molar-refractivity contribution in [2.75, 3.05) is 39.9 Å². The summed E-state index contributed by atoms with van der Waals surface area (Å²) in [6.45, 7) is -1.70. The number of hydrogen-bond acceptors (Lipinski definition) is 4. The largest absolute Gasteiger partial charge is 0.511 e. The molecule has 27 heavy (non-hydrogen) atoms. The van der Waals surface area contributed by atoms with Crippen LogP contribution in [0.1, 0.15) is 19.3 Å². The van der Waals surface area contributed by atoms with Crippen LogP contribution in [0, 0.1) is 0 Å². The summed E-state index contributed by atoms with van der Waals surface area (Å²) in [6.07, 6.45) is -3.77. The maximum atomic E-state index is 12.5. The highest BCUT2D eigenvalue weighted by atomic mass is 32.2. The van der Waals surface area contributed by atoms with Crippen LogP contribution in [0.3, 0.4) is 0 Å². The third-order valence-electron chi connectivity index (χ3n) is 3.67. The first-order valence-electron chi connectivity index (χ1n) is 8.05. The molecule has 160 valence electrons. The van der Waals surface area contributed by atoms with Gasteiger partial charge in [0.05, 0.1) is 0 Å². The summed E-state index contributed by atoms with van der Waals surface area (Å²) in [5.74, 6) is 0.322. The number of halogens is 6. The fourth-order valence-electron chi connectivity index (χ4n) is 2.34. The first-order chi connectivity index (χ1) is 12.4. The van der Waals surface area contributed by atoms with Crippen molar-refractivity contribution in [2.45, 2.75) is 37.0 Å². The predicted molar refractivity (Wildman–Crippen MR) is 85.6 cm³/mol. The minimum atomic E-state index is -5.32. The van der Waals surface area contributed by atoms with E-state index >= 15 is 0 Å². The lowest BCUT2D eigenvalue weighted by atomic mass is 10.1. The summed E-state index contributed by atoms with van der Waals surface area (Å²) in [5.41, 5.74) is -5.32. The van der Waals surface area contributed by atoms with Gasteiger partial charge in [0.15, 0.2) is 5.96 Å². The van der Waals surface area contributed by atoms with Crippen molar-refractivity contribution in [3.05, 3.63) is 0 Å². The number of piperidine rings is 1. The lowest BCUT2D eigenvalue weighted by Gasteiger charge is -2.32. The molecule has 0 radical (unpaired) electrons. The molecule has 0 unspecified atom stereocenters. The highest BCUT2D eigenvalue weighted by molar-refractivity contribution is 7.90. The molecular formula is C13H22F6N4O3S. The smallest absolute Gasteiger partial charge is 0.372 e. The number of sulfonamides is 1. The minimum absolute atomic E-state index is 0.100. The number of hydrogen-bond donors (Lipinski definition) is 2. The van der Waals surface area contributed by atoms with Gasteiger partial charge in [-0.05, 0) is 19.3 Å². The molecule has 2 N–H and O–H groups in total. The molecule has 0 aromatic carbocycles. The van der Waals surface area contributed by atoms with Gasteiger partial charge in [-0.15, -0.1) is 0 Å². The third-order valence-corrected chi connectivity index (χ3v) is 5.30. The van der Waals surface area contributed by atoms with Gasteiger partial charge in [0.1, 0.15) is 6.61 Å². The van der Waals surface area contributed by atoms with E-state index in [2.05, 4.69) is 20.4 Å². The maximum Gasteiger partial charge on any atom is 0.511 e. The molecule has 0 atom stereocenters. The van der Waals surface area contributed by atoms with Crippen LogP contribution in [-0.2, 0) is 14.8 Å². The van der Waals surface area contributed by atoms with Crippen molar-refractivity contribution in [1.29, 1.82) is 0 Å². The molecular weight excluding hydrogens is 406 g/mol. The lowest BCUT2D eigenvalue weighted by Crippen LogP contribution is -2.51. The highest BCUT2D eigenvalue weighted by Gasteiger charge is 2.50. The normalized spacial score (nSPS) is 18.6. The molecule has 1 aliphatic heterocycles. The van der Waals surface area contributed by atoms with Gasteiger partial charge < -0.3 is 15.4 Å². The second-order valence-electron chi connectivity index (χ2n) is 5.79. The Bertz CT molecular complexity index is 586. The van der Waals surface area contributed by atoms with E-state index in [0.717, 1.165) is 0 Å². The summed E-state index contributed by atoms with van der Waals surface area (Å²) in [5, 5.41) is 5.79. The predicted octanol–water partition coefficient (Wildman–Crippen LogP) is 1.43. The average molecular weight is 428 g/mol. The first-order valence-corrected chi connectivity index (χ1v) is 9.49. The molecule has 7 nitrogen and oxygen atoms in total. The van der Waals surface area contributed by atoms with Crippen molar-refractivity contribution < 1.29 is 39.5 Å². The average Bonchev–Trinajstić information content (AvgIpc) is 2.55. The maximum absolute atomic E-state index is 12.5. The monoisotopic (exact) mass is 428 g/mol. The number of rotatable bonds is 7. The molecule has 0 amide bonds. The van der Waals surface area contributed by atoms with Crippen molar-refractivity contribution in [3.63, 3.8) is 0 Å². The number of nitrogens with one attached hydrogen (secondary N) is 2. The van der Waals surface area contributed by atoms with Crippen LogP contribution in [0.15, 0.2) is 4.99 Å². The Morgan fingerprint density at radius 3 is 2.26 bits per heavy atom. The van der Waals surface area contributed by atoms with Crippen molar-refractivity contribution in [3.8, 4) is 0 Å². The van der Waals surface area contributed by atoms with Crippen LogP contribution in [-0.4, -0.2) is 76.3 Å². The highest BCUT2D eigenvalue weighted by Crippen LogP contribution is 2.28. The Labute approximate surface area is 153 Å². The Kier molecular flexibility index (Phi) is 8.60. The number of aliphatic imine (C=N–C) groups is 1. The van der Waals surface area contributed by atoms with Crippen molar-refractivity contribution >= 4 is 16.0 Å². The van der Waals surface area contributed by atoms with E-state index in [4.69, 9.17) is 0 Å². The van der Waals surface area contributed by atoms with Gasteiger partial charge in [-0.1, -0.05) is 0 Å². The van der Waals surface area contributed by atoms with Crippen molar-refractivity contribution in [1.82, 2.24) is 14.9 Å². The molecule has 1 fully saturated rings. The molecule has 1 rings (SSSR count). The topological polar surface area (TPSA) is 83.0 Å². The fraction of sp³-hybridized carbons (Fsp3) is 0.923. The zero-order valence-electron chi connectivity index (χ0n) is 14.5. The quantitative estimate of drug-likeness (QED) is 0.278. The molecule has 0 spiro atoms. The van der Waals surface area contributed by atoms with Gasteiger partial charge in [0.2, 0.25) is 0 Å². The van der Waals surface area contributed by atoms with E-state index in [1.165, 1.54) is 7.05 Å². The number of nitrogens with zero attached hydrogens (tertiary/aromatic N) is 2. The third kappa shape index (κ3) is 8.09. The second-order valence-corrected chi connectivity index (χ2v) is 7.72. The standard InChI is InChI=1S/C13H22F6N4O3S/c1-20-11(21-5-2-8-26-9-12(14,15)16)22-10-3-6-23(7-4-10)27(24,25)13(17,18)19/h10H,2-9H2,1H3,(H2,20,21,22). The molecule has 1 heterocycles. The molecule has 0 aliphatic carbocycles. The molecule has 1 saturated heterocycles. The molecule has 1 aliphatic rings. The summed E-state index contributed by atoms with van der Waals surface area (Å²) in [7, 11) is -3.87. The van der Waals surface area contributed by atoms with E-state index in [1.807, 2.05) is 0 Å². The van der Waals surface area contributed by atoms with Gasteiger partial charge >= 0.3 is 21.7 Å². The molecule has 0 aromatic heterocycles. The fourth-order valence-corrected chi connectivity index (χ4v) is 3.33. The molecule has 0 saturated carbocycles. The Morgan fingerprint density at radius 2 is 1.78 bits per heavy atom. The summed E-state index contributed by atoms with van der Waals surface area (Å²) >= 11 is 0. The van der Waals surface area contributed by atoms with E-state index in [0.29, 0.717) is 16.7 Å². The Balaban J connectivity index is 2.31. The van der Waals surface area contributed by atoms with Crippen LogP contribution in [0.2, 0.25) is 0 Å². The van der Waals surface area contributed by atoms with Gasteiger partial charge in [-0.2, -0.15) is 30.6 Å². The zero-order chi connectivity index (χ0) is 20.7. The van der Waals surface area contributed by atoms with Crippen LogP contribution in [0.5, 0.6) is 0 Å². The van der Waals surface area contributed by atoms with Crippen LogP contribution >= 0.6 is 0 Å². The number of alkyl halides is 6. The van der Waals surface area contributed by atoms with Crippen LogP contribution < -0.4 is 10.6 Å². The minimum Gasteiger partial charge on any atom is -0.372 e.